The van der Waals surface area contributed by atoms with Crippen LogP contribution in [0.4, 0.5) is 5.69 Å². The van der Waals surface area contributed by atoms with Crippen molar-refractivity contribution in [1.29, 1.82) is 0 Å². The Hall–Kier alpha value is -1.96. The number of rotatable bonds is 1. The second kappa shape index (κ2) is 4.37. The van der Waals surface area contributed by atoms with E-state index in [1.54, 1.807) is 0 Å². The maximum atomic E-state index is 5.96. The molecule has 1 unspecified atom stereocenters. The molecule has 0 radical (unpaired) electrons. The Bertz CT molecular complexity index is 565. The van der Waals surface area contributed by atoms with Crippen molar-refractivity contribution < 1.29 is 4.74 Å². The fourth-order valence-corrected chi connectivity index (χ4v) is 2.42. The number of benzene rings is 2. The second-order valence-corrected chi connectivity index (χ2v) is 4.79. The lowest BCUT2D eigenvalue weighted by Crippen LogP contribution is -2.40. The van der Waals surface area contributed by atoms with Crippen LogP contribution in [-0.4, -0.2) is 6.23 Å². The van der Waals surface area contributed by atoms with Crippen LogP contribution >= 0.6 is 0 Å². The van der Waals surface area contributed by atoms with E-state index < -0.39 is 0 Å². The predicted molar refractivity (Wildman–Crippen MR) is 73.9 cm³/mol. The molecule has 0 bridgehead atoms. The fraction of sp³-hybridized carbons (Fsp3) is 0.250. The van der Waals surface area contributed by atoms with E-state index in [-0.39, 0.29) is 6.23 Å². The first-order chi connectivity index (χ1) is 8.74. The summed E-state index contributed by atoms with van der Waals surface area (Å²) in [5.41, 5.74) is 3.74. The second-order valence-electron chi connectivity index (χ2n) is 4.79. The van der Waals surface area contributed by atoms with Crippen LogP contribution in [0.5, 0.6) is 5.75 Å². The maximum absolute atomic E-state index is 5.96. The first-order valence-corrected chi connectivity index (χ1v) is 6.32. The van der Waals surface area contributed by atoms with Gasteiger partial charge in [0, 0.05) is 11.3 Å². The summed E-state index contributed by atoms with van der Waals surface area (Å²) >= 11 is 0. The van der Waals surface area contributed by atoms with Crippen molar-refractivity contribution in [2.24, 2.45) is 0 Å². The van der Waals surface area contributed by atoms with Gasteiger partial charge in [-0.1, -0.05) is 30.3 Å². The van der Waals surface area contributed by atoms with Gasteiger partial charge in [-0.15, -0.1) is 0 Å². The molecule has 0 amide bonds. The summed E-state index contributed by atoms with van der Waals surface area (Å²) in [5.74, 6) is 1.01. The van der Waals surface area contributed by atoms with Crippen LogP contribution in [0.2, 0.25) is 0 Å². The number of hydrogen-bond donors (Lipinski definition) is 0. The van der Waals surface area contributed by atoms with Crippen molar-refractivity contribution in [1.82, 2.24) is 0 Å². The molecule has 1 heterocycles. The van der Waals surface area contributed by atoms with Crippen LogP contribution in [0.15, 0.2) is 48.5 Å². The normalized spacial score (nSPS) is 18.1. The van der Waals surface area contributed by atoms with Gasteiger partial charge in [-0.25, -0.2) is 0 Å². The Kier molecular flexibility index (Phi) is 2.71. The molecule has 0 N–H and O–H groups in total. The van der Waals surface area contributed by atoms with Crippen LogP contribution in [0.25, 0.3) is 0 Å². The summed E-state index contributed by atoms with van der Waals surface area (Å²) in [6.45, 7) is 5.12. The number of aryl methyl sites for hydroxylation is 1. The molecule has 0 fully saturated rings. The maximum Gasteiger partial charge on any atom is 0.169 e. The van der Waals surface area contributed by atoms with Crippen molar-refractivity contribution >= 4 is 5.69 Å². The molecule has 0 spiro atoms. The topological polar surface area (TPSA) is 12.5 Å². The third-order valence-corrected chi connectivity index (χ3v) is 3.38. The Labute approximate surface area is 108 Å². The number of fused-ring (bicyclic) bond motifs is 1. The average Bonchev–Trinajstić information content (AvgIpc) is 2.38. The largest absolute Gasteiger partial charge is 0.470 e. The molecule has 0 aromatic heterocycles. The molecule has 3 rings (SSSR count). The predicted octanol–water partition coefficient (Wildman–Crippen LogP) is 3.74. The summed E-state index contributed by atoms with van der Waals surface area (Å²) in [7, 11) is 0. The molecule has 1 aliphatic rings. The molecule has 0 aliphatic carbocycles. The Morgan fingerprint density at radius 3 is 2.78 bits per heavy atom. The zero-order valence-corrected chi connectivity index (χ0v) is 10.8. The van der Waals surface area contributed by atoms with E-state index in [0.717, 1.165) is 12.3 Å². The van der Waals surface area contributed by atoms with E-state index in [9.17, 15) is 0 Å². The van der Waals surface area contributed by atoms with Crippen molar-refractivity contribution in [3.05, 3.63) is 59.7 Å². The number of ether oxygens (including phenoxy) is 1. The van der Waals surface area contributed by atoms with Gasteiger partial charge >= 0.3 is 0 Å². The van der Waals surface area contributed by atoms with Gasteiger partial charge in [0.05, 0.1) is 6.54 Å². The third kappa shape index (κ3) is 1.94. The molecule has 92 valence electrons. The third-order valence-electron chi connectivity index (χ3n) is 3.38. The summed E-state index contributed by atoms with van der Waals surface area (Å²) < 4.78 is 5.96. The van der Waals surface area contributed by atoms with Gasteiger partial charge in [0.2, 0.25) is 0 Å². The van der Waals surface area contributed by atoms with Gasteiger partial charge in [0.1, 0.15) is 5.75 Å². The van der Waals surface area contributed by atoms with Gasteiger partial charge < -0.3 is 9.64 Å². The highest BCUT2D eigenvalue weighted by Gasteiger charge is 2.23. The smallest absolute Gasteiger partial charge is 0.169 e. The average molecular weight is 239 g/mol. The van der Waals surface area contributed by atoms with Gasteiger partial charge in [-0.05, 0) is 37.6 Å². The zero-order valence-electron chi connectivity index (χ0n) is 10.8. The van der Waals surface area contributed by atoms with Crippen molar-refractivity contribution in [3.8, 4) is 5.75 Å². The molecule has 2 aromatic rings. The van der Waals surface area contributed by atoms with E-state index in [0.29, 0.717) is 0 Å². The highest BCUT2D eigenvalue weighted by molar-refractivity contribution is 5.52. The molecular formula is C16H17NO. The molecule has 2 nitrogen and oxygen atoms in total. The molecular weight excluding hydrogens is 222 g/mol. The molecule has 0 saturated heterocycles. The highest BCUT2D eigenvalue weighted by Crippen LogP contribution is 2.31. The SMILES string of the molecule is Cc1cccc(N2Cc3ccccc3OC2C)c1. The van der Waals surface area contributed by atoms with Gasteiger partial charge in [0.15, 0.2) is 6.23 Å². The van der Waals surface area contributed by atoms with Gasteiger partial charge in [-0.3, -0.25) is 0 Å². The number of hydrogen-bond acceptors (Lipinski definition) is 2. The van der Waals surface area contributed by atoms with E-state index in [4.69, 9.17) is 4.74 Å². The van der Waals surface area contributed by atoms with E-state index in [1.165, 1.54) is 16.8 Å². The Morgan fingerprint density at radius 2 is 1.94 bits per heavy atom. The number of para-hydroxylation sites is 1. The Balaban J connectivity index is 1.96. The quantitative estimate of drug-likeness (QED) is 0.751. The molecule has 2 heteroatoms. The molecule has 0 saturated carbocycles. The monoisotopic (exact) mass is 239 g/mol. The number of anilines is 1. The summed E-state index contributed by atoms with van der Waals surface area (Å²) in [4.78, 5) is 2.29. The molecule has 1 atom stereocenters. The van der Waals surface area contributed by atoms with Crippen LogP contribution < -0.4 is 9.64 Å². The van der Waals surface area contributed by atoms with Crippen molar-refractivity contribution in [3.63, 3.8) is 0 Å². The first-order valence-electron chi connectivity index (χ1n) is 6.32. The summed E-state index contributed by atoms with van der Waals surface area (Å²) in [6.07, 6.45) is 0.0710. The molecule has 1 aliphatic heterocycles. The van der Waals surface area contributed by atoms with Crippen LogP contribution in [0, 0.1) is 6.92 Å². The minimum atomic E-state index is 0.0710. The van der Waals surface area contributed by atoms with Gasteiger partial charge in [-0.2, -0.15) is 0 Å². The van der Waals surface area contributed by atoms with Crippen molar-refractivity contribution in [2.75, 3.05) is 4.90 Å². The van der Waals surface area contributed by atoms with E-state index in [2.05, 4.69) is 55.1 Å². The van der Waals surface area contributed by atoms with Crippen LogP contribution in [-0.2, 0) is 6.54 Å². The van der Waals surface area contributed by atoms with E-state index >= 15 is 0 Å². The zero-order chi connectivity index (χ0) is 12.5. The molecule has 2 aromatic carbocycles. The summed E-state index contributed by atoms with van der Waals surface area (Å²) in [6, 6.07) is 16.8. The van der Waals surface area contributed by atoms with Crippen LogP contribution in [0.3, 0.4) is 0 Å². The minimum Gasteiger partial charge on any atom is -0.470 e. The van der Waals surface area contributed by atoms with E-state index in [1.807, 2.05) is 12.1 Å². The molecule has 18 heavy (non-hydrogen) atoms. The lowest BCUT2D eigenvalue weighted by atomic mass is 10.1. The van der Waals surface area contributed by atoms with Crippen molar-refractivity contribution in [2.45, 2.75) is 26.6 Å². The van der Waals surface area contributed by atoms with Gasteiger partial charge in [0.25, 0.3) is 0 Å². The lowest BCUT2D eigenvalue weighted by molar-refractivity contribution is 0.194. The highest BCUT2D eigenvalue weighted by atomic mass is 16.5. The Morgan fingerprint density at radius 1 is 1.11 bits per heavy atom. The fourth-order valence-electron chi connectivity index (χ4n) is 2.42. The minimum absolute atomic E-state index is 0.0710. The first kappa shape index (κ1) is 11.1. The standard InChI is InChI=1S/C16H17NO/c1-12-6-5-8-15(10-12)17-11-14-7-3-4-9-16(14)18-13(17)2/h3-10,13H,11H2,1-2H3. The van der Waals surface area contributed by atoms with Crippen LogP contribution in [0.1, 0.15) is 18.1 Å². The number of nitrogens with zero attached hydrogens (tertiary/aromatic N) is 1. The lowest BCUT2D eigenvalue weighted by Gasteiger charge is -2.36. The summed E-state index contributed by atoms with van der Waals surface area (Å²) in [5, 5.41) is 0.